The molecule has 11 rings (SSSR count). The molecule has 322 valence electrons. The van der Waals surface area contributed by atoms with Crippen molar-refractivity contribution in [1.82, 2.24) is 0 Å². The zero-order valence-electron chi connectivity index (χ0n) is 32.0. The van der Waals surface area contributed by atoms with Crippen molar-refractivity contribution in [2.24, 2.45) is 0 Å². The van der Waals surface area contributed by atoms with Crippen molar-refractivity contribution in [2.45, 2.75) is 54.2 Å². The first-order chi connectivity index (χ1) is 30.0. The Morgan fingerprint density at radius 2 is 1.08 bits per heavy atom. The van der Waals surface area contributed by atoms with Crippen molar-refractivity contribution in [2.75, 3.05) is 0 Å². The lowest BCUT2D eigenvalue weighted by atomic mass is 9.70. The highest BCUT2D eigenvalue weighted by Crippen LogP contribution is 2.67. The first kappa shape index (κ1) is 38.1. The Kier molecular flexibility index (Phi) is 7.65. The van der Waals surface area contributed by atoms with Crippen LogP contribution < -0.4 is 23.7 Å². The minimum atomic E-state index is -2.44. The summed E-state index contributed by atoms with van der Waals surface area (Å²) in [5.74, 6) is -14.4. The maximum absolute atomic E-state index is 12.8. The fraction of sp³-hybridized carbons (Fsp3) is 0.200. The predicted octanol–water partition coefficient (Wildman–Crippen LogP) is 4.04. The molecule has 18 heteroatoms. The molecular weight excluding hydrogens is 828 g/mol. The Labute approximate surface area is 353 Å². The minimum Gasteiger partial charge on any atom is -0.508 e. The molecule has 8 atom stereocenters. The molecule has 6 aromatic carbocycles. The van der Waals surface area contributed by atoms with Crippen LogP contribution >= 0.6 is 0 Å². The van der Waals surface area contributed by atoms with Crippen LogP contribution in [0.3, 0.4) is 0 Å². The van der Waals surface area contributed by atoms with Gasteiger partial charge in [-0.1, -0.05) is 12.1 Å². The van der Waals surface area contributed by atoms with Gasteiger partial charge in [0.1, 0.15) is 70.1 Å². The molecule has 5 aliphatic heterocycles. The van der Waals surface area contributed by atoms with Gasteiger partial charge in [-0.3, -0.25) is 0 Å². The van der Waals surface area contributed by atoms with E-state index in [4.69, 9.17) is 23.7 Å². The van der Waals surface area contributed by atoms with E-state index in [0.29, 0.717) is 0 Å². The molecule has 0 amide bonds. The molecule has 18 nitrogen and oxygen atoms in total. The number of phenolic OH excluding ortho intramolecular Hbond substituents is 10. The van der Waals surface area contributed by atoms with Crippen LogP contribution in [-0.4, -0.2) is 84.7 Å². The van der Waals surface area contributed by atoms with E-state index in [1.54, 1.807) is 0 Å². The topological polar surface area (TPSA) is 309 Å². The van der Waals surface area contributed by atoms with Crippen LogP contribution in [0.15, 0.2) is 78.9 Å². The van der Waals surface area contributed by atoms with Crippen LogP contribution in [0.2, 0.25) is 0 Å². The molecule has 0 spiro atoms. The minimum absolute atomic E-state index is 0.0186. The highest BCUT2D eigenvalue weighted by atomic mass is 16.7. The molecule has 0 aliphatic carbocycles. The lowest BCUT2D eigenvalue weighted by molar-refractivity contribution is -0.224. The van der Waals surface area contributed by atoms with Crippen molar-refractivity contribution < 1.29 is 90.1 Å². The van der Waals surface area contributed by atoms with E-state index in [-0.39, 0.29) is 79.7 Å². The number of aliphatic hydroxyl groups is 3. The molecule has 6 aromatic rings. The van der Waals surface area contributed by atoms with Gasteiger partial charge in [0, 0.05) is 64.1 Å². The second kappa shape index (κ2) is 12.6. The van der Waals surface area contributed by atoms with Gasteiger partial charge in [-0.25, -0.2) is 0 Å². The standard InChI is InChI=1S/C45H34O18/c46-17-10-26(53)32-28(11-17)62-45(19-2-1-3-22(49)38(19)55)43(58)36(32)33-31(63-45)14-30-34(39(33)56)37-35-29(60-44(61-30,42(37)57)16-5-7-21(48)25(52)9-16)13-23(50)18-12-27(54)40(59-41(18)35)15-4-6-20(47)24(51)8-15/h1-11,13-14,27,36-37,40,42-43,46-58H,12H2/t27-,36+,37+,40+,42+,43+,44+,45-/m0/s1. The van der Waals surface area contributed by atoms with Gasteiger partial charge in [-0.15, -0.1) is 0 Å². The Balaban J connectivity index is 1.19. The van der Waals surface area contributed by atoms with Crippen molar-refractivity contribution in [1.29, 1.82) is 0 Å². The summed E-state index contributed by atoms with van der Waals surface area (Å²) in [5, 5.41) is 146. The van der Waals surface area contributed by atoms with Crippen molar-refractivity contribution in [3.05, 3.63) is 123 Å². The van der Waals surface area contributed by atoms with E-state index in [2.05, 4.69) is 0 Å². The fourth-order valence-electron chi connectivity index (χ4n) is 9.74. The Bertz CT molecular complexity index is 2990. The Morgan fingerprint density at radius 3 is 1.76 bits per heavy atom. The zero-order chi connectivity index (χ0) is 44.2. The molecule has 5 aliphatic rings. The quantitative estimate of drug-likeness (QED) is 0.112. The number of rotatable bonds is 3. The predicted molar refractivity (Wildman–Crippen MR) is 210 cm³/mol. The second-order valence-corrected chi connectivity index (χ2v) is 16.1. The van der Waals surface area contributed by atoms with Crippen LogP contribution in [0.4, 0.5) is 0 Å². The van der Waals surface area contributed by atoms with Crippen LogP contribution in [0.25, 0.3) is 0 Å². The highest BCUT2D eigenvalue weighted by molar-refractivity contribution is 5.73. The summed E-state index contributed by atoms with van der Waals surface area (Å²) in [4.78, 5) is 0. The smallest absolute Gasteiger partial charge is 0.308 e. The maximum Gasteiger partial charge on any atom is 0.308 e. The van der Waals surface area contributed by atoms with Gasteiger partial charge in [0.05, 0.1) is 23.5 Å². The van der Waals surface area contributed by atoms with Crippen molar-refractivity contribution in [3.63, 3.8) is 0 Å². The third-order valence-electron chi connectivity index (χ3n) is 12.6. The second-order valence-electron chi connectivity index (χ2n) is 16.1. The van der Waals surface area contributed by atoms with Gasteiger partial charge in [-0.05, 0) is 48.0 Å². The van der Waals surface area contributed by atoms with Crippen molar-refractivity contribution in [3.8, 4) is 86.2 Å². The molecule has 63 heavy (non-hydrogen) atoms. The largest absolute Gasteiger partial charge is 0.508 e. The Hall–Kier alpha value is -7.80. The van der Waals surface area contributed by atoms with Gasteiger partial charge in [0.25, 0.3) is 0 Å². The lowest BCUT2D eigenvalue weighted by Crippen LogP contribution is -2.59. The molecule has 0 saturated carbocycles. The van der Waals surface area contributed by atoms with E-state index in [1.165, 1.54) is 54.6 Å². The highest BCUT2D eigenvalue weighted by Gasteiger charge is 2.64. The number of fused-ring (bicyclic) bond motifs is 14. The summed E-state index contributed by atoms with van der Waals surface area (Å²) in [6.07, 6.45) is -6.64. The van der Waals surface area contributed by atoms with E-state index in [9.17, 15) is 66.4 Å². The molecule has 0 radical (unpaired) electrons. The maximum atomic E-state index is 12.8. The van der Waals surface area contributed by atoms with Crippen LogP contribution in [0.5, 0.6) is 86.2 Å². The molecule has 0 aromatic heterocycles. The SMILES string of the molecule is Oc1cc(O)c2c(c1)O[C@@]1(c3cccc(O)c3O)Oc3cc4c(c(O)c3[C@@H]2[C@H]1O)[C@@H]1c2c(cc(O)c3c2O[C@H](c2ccc(O)c(O)c2)[C@@H](O)C3)O[C@](c2ccc(O)c(O)c2)(O4)[C@@H]1O. The van der Waals surface area contributed by atoms with Gasteiger partial charge < -0.3 is 90.1 Å². The normalized spacial score (nSPS) is 26.7. The first-order valence-electron chi connectivity index (χ1n) is 19.4. The summed E-state index contributed by atoms with van der Waals surface area (Å²) in [7, 11) is 0. The lowest BCUT2D eigenvalue weighted by Gasteiger charge is -2.52. The van der Waals surface area contributed by atoms with Crippen LogP contribution in [0, 0.1) is 0 Å². The summed E-state index contributed by atoms with van der Waals surface area (Å²) >= 11 is 0. The molecular formula is C45H34O18. The fourth-order valence-corrected chi connectivity index (χ4v) is 9.74. The average molecular weight is 863 g/mol. The Morgan fingerprint density at radius 1 is 0.476 bits per heavy atom. The summed E-state index contributed by atoms with van der Waals surface area (Å²) in [6, 6.07) is 15.6. The summed E-state index contributed by atoms with van der Waals surface area (Å²) < 4.78 is 32.2. The third-order valence-corrected chi connectivity index (χ3v) is 12.6. The molecule has 4 bridgehead atoms. The molecule has 0 fully saturated rings. The van der Waals surface area contributed by atoms with E-state index in [0.717, 1.165) is 24.3 Å². The number of aromatic hydroxyl groups is 10. The first-order valence-corrected chi connectivity index (χ1v) is 19.4. The summed E-state index contributed by atoms with van der Waals surface area (Å²) in [6.45, 7) is 0. The average Bonchev–Trinajstić information content (AvgIpc) is 3.22. The number of hydrogen-bond acceptors (Lipinski definition) is 18. The molecule has 5 heterocycles. The van der Waals surface area contributed by atoms with Gasteiger partial charge >= 0.3 is 11.6 Å². The van der Waals surface area contributed by atoms with Crippen molar-refractivity contribution >= 4 is 0 Å². The monoisotopic (exact) mass is 862 g/mol. The number of hydrogen-bond donors (Lipinski definition) is 13. The van der Waals surface area contributed by atoms with E-state index in [1.807, 2.05) is 0 Å². The van der Waals surface area contributed by atoms with E-state index >= 15 is 0 Å². The number of ether oxygens (including phenoxy) is 5. The summed E-state index contributed by atoms with van der Waals surface area (Å²) in [5.41, 5.74) is -0.547. The van der Waals surface area contributed by atoms with Gasteiger partial charge in [-0.2, -0.15) is 0 Å². The molecule has 0 saturated heterocycles. The van der Waals surface area contributed by atoms with E-state index < -0.39 is 105 Å². The molecule has 13 N–H and O–H groups in total. The number of benzene rings is 6. The number of para-hydroxylation sites is 1. The van der Waals surface area contributed by atoms with Crippen LogP contribution in [0.1, 0.15) is 62.4 Å². The van der Waals surface area contributed by atoms with Crippen LogP contribution in [-0.2, 0) is 18.0 Å². The molecule has 0 unspecified atom stereocenters. The zero-order valence-corrected chi connectivity index (χ0v) is 32.0. The van der Waals surface area contributed by atoms with Gasteiger partial charge in [0.2, 0.25) is 0 Å². The third kappa shape index (κ3) is 4.98. The number of aliphatic hydroxyl groups excluding tert-OH is 3. The van der Waals surface area contributed by atoms with Gasteiger partial charge in [0.15, 0.2) is 34.5 Å². The number of phenols is 10.